The van der Waals surface area contributed by atoms with E-state index in [2.05, 4.69) is 56.8 Å². The summed E-state index contributed by atoms with van der Waals surface area (Å²) >= 11 is 11.8. The number of carbonyl (C=O) groups excluding carboxylic acids is 1. The van der Waals surface area contributed by atoms with Crippen molar-refractivity contribution in [1.29, 1.82) is 0 Å². The number of nitrogens with one attached hydrogen (secondary N) is 2. The van der Waals surface area contributed by atoms with E-state index < -0.39 is 0 Å². The minimum absolute atomic E-state index is 0.310. The van der Waals surface area contributed by atoms with E-state index in [0.29, 0.717) is 29.8 Å². The van der Waals surface area contributed by atoms with Crippen LogP contribution in [0.15, 0.2) is 84.0 Å². The molecule has 38 heavy (non-hydrogen) atoms. The van der Waals surface area contributed by atoms with Crippen molar-refractivity contribution < 1.29 is 9.53 Å². The van der Waals surface area contributed by atoms with Gasteiger partial charge < -0.3 is 9.64 Å². The van der Waals surface area contributed by atoms with Crippen LogP contribution in [0, 0.1) is 6.92 Å². The molecular weight excluding hydrogens is 521 g/mol. The minimum Gasteiger partial charge on any atom is -0.489 e. The molecule has 1 amide bonds. The van der Waals surface area contributed by atoms with Crippen LogP contribution in [-0.2, 0) is 6.61 Å². The molecule has 1 heterocycles. The number of carbonyl (C=O) groups is 1. The van der Waals surface area contributed by atoms with Gasteiger partial charge in [-0.25, -0.2) is 5.43 Å². The summed E-state index contributed by atoms with van der Waals surface area (Å²) in [6.07, 6.45) is 1.59. The van der Waals surface area contributed by atoms with Gasteiger partial charge in [0.25, 0.3) is 5.91 Å². The molecule has 0 saturated carbocycles. The van der Waals surface area contributed by atoms with Crippen molar-refractivity contribution in [2.45, 2.75) is 13.5 Å². The molecule has 0 unspecified atom stereocenters. The molecule has 0 saturated heterocycles. The topological polar surface area (TPSA) is 82.6 Å². The fourth-order valence-corrected chi connectivity index (χ4v) is 4.14. The molecule has 196 valence electrons. The molecule has 0 spiro atoms. The second-order valence-electron chi connectivity index (χ2n) is 8.62. The van der Waals surface area contributed by atoms with Gasteiger partial charge in [0.15, 0.2) is 0 Å². The predicted octanol–water partition coefficient (Wildman–Crippen LogP) is 6.01. The van der Waals surface area contributed by atoms with E-state index in [-0.39, 0.29) is 5.91 Å². The number of anilines is 1. The highest BCUT2D eigenvalue weighted by molar-refractivity contribution is 6.18. The first-order valence-electron chi connectivity index (χ1n) is 12.2. The van der Waals surface area contributed by atoms with Crippen molar-refractivity contribution in [1.82, 2.24) is 15.6 Å². The van der Waals surface area contributed by atoms with E-state index >= 15 is 0 Å². The highest BCUT2D eigenvalue weighted by Gasteiger charge is 2.11. The van der Waals surface area contributed by atoms with Gasteiger partial charge >= 0.3 is 0 Å². The number of alkyl halides is 2. The number of aromatic nitrogens is 2. The Labute approximate surface area is 232 Å². The Morgan fingerprint density at radius 3 is 2.34 bits per heavy atom. The van der Waals surface area contributed by atoms with Crippen molar-refractivity contribution in [3.8, 4) is 17.0 Å². The number of H-pyrrole nitrogens is 1. The Balaban J connectivity index is 1.29. The van der Waals surface area contributed by atoms with E-state index in [1.54, 1.807) is 12.3 Å². The van der Waals surface area contributed by atoms with E-state index in [0.717, 1.165) is 41.2 Å². The molecule has 0 bridgehead atoms. The molecule has 0 atom stereocenters. The number of benzene rings is 3. The lowest BCUT2D eigenvalue weighted by molar-refractivity contribution is 0.0950. The number of rotatable bonds is 12. The maximum Gasteiger partial charge on any atom is 0.289 e. The summed E-state index contributed by atoms with van der Waals surface area (Å²) in [6.45, 7) is 3.99. The Morgan fingerprint density at radius 1 is 1.00 bits per heavy atom. The summed E-state index contributed by atoms with van der Waals surface area (Å²) in [6, 6.07) is 25.3. The number of ether oxygens (including phenoxy) is 1. The Bertz CT molecular complexity index is 1330. The van der Waals surface area contributed by atoms with E-state index in [1.165, 1.54) is 5.56 Å². The van der Waals surface area contributed by atoms with Crippen molar-refractivity contribution in [3.05, 3.63) is 101 Å². The summed E-state index contributed by atoms with van der Waals surface area (Å²) < 4.78 is 5.87. The molecule has 0 radical (unpaired) electrons. The highest BCUT2D eigenvalue weighted by Crippen LogP contribution is 2.22. The molecule has 1 aromatic heterocycles. The van der Waals surface area contributed by atoms with Crippen LogP contribution in [0.5, 0.6) is 5.75 Å². The standard InChI is InChI=1S/C29H29Cl2N5O2/c1-21-2-4-23(5-3-21)20-38-26-12-8-24(9-13-26)27-18-28(34-33-27)29(37)35-32-19-22-6-10-25(11-7-22)36(16-14-30)17-15-31/h2-13,18-19H,14-17,20H2,1H3,(H,33,34)(H,35,37)/b32-19-. The molecular formula is C29H29Cl2N5O2. The monoisotopic (exact) mass is 549 g/mol. The summed E-state index contributed by atoms with van der Waals surface area (Å²) in [4.78, 5) is 14.6. The fraction of sp³-hybridized carbons (Fsp3) is 0.207. The molecule has 7 nitrogen and oxygen atoms in total. The normalized spacial score (nSPS) is 11.0. The molecule has 0 aliphatic carbocycles. The number of aryl methyl sites for hydroxylation is 1. The number of hydrazone groups is 1. The van der Waals surface area contributed by atoms with Gasteiger partial charge in [0.1, 0.15) is 18.1 Å². The van der Waals surface area contributed by atoms with E-state index in [4.69, 9.17) is 27.9 Å². The van der Waals surface area contributed by atoms with Gasteiger partial charge in [0.05, 0.1) is 11.9 Å². The zero-order valence-corrected chi connectivity index (χ0v) is 22.5. The summed E-state index contributed by atoms with van der Waals surface area (Å²) in [5.74, 6) is 1.42. The zero-order valence-electron chi connectivity index (χ0n) is 21.0. The smallest absolute Gasteiger partial charge is 0.289 e. The molecule has 9 heteroatoms. The highest BCUT2D eigenvalue weighted by atomic mass is 35.5. The average Bonchev–Trinajstić information content (AvgIpc) is 3.44. The van der Waals surface area contributed by atoms with Crippen LogP contribution in [0.2, 0.25) is 0 Å². The van der Waals surface area contributed by atoms with Gasteiger partial charge in [-0.1, -0.05) is 42.0 Å². The van der Waals surface area contributed by atoms with E-state index in [1.807, 2.05) is 48.5 Å². The average molecular weight is 550 g/mol. The van der Waals surface area contributed by atoms with Crippen LogP contribution in [0.3, 0.4) is 0 Å². The van der Waals surface area contributed by atoms with Gasteiger partial charge in [-0.15, -0.1) is 23.2 Å². The quantitative estimate of drug-likeness (QED) is 0.129. The number of aromatic amines is 1. The third-order valence-electron chi connectivity index (χ3n) is 5.85. The molecule has 4 rings (SSSR count). The SMILES string of the molecule is Cc1ccc(COc2ccc(-c3cc(C(=O)N/N=C\c4ccc(N(CCCl)CCCl)cc4)[nH]n3)cc2)cc1. The maximum absolute atomic E-state index is 12.5. The van der Waals surface area contributed by atoms with Gasteiger partial charge in [0, 0.05) is 36.1 Å². The summed E-state index contributed by atoms with van der Waals surface area (Å²) in [5, 5.41) is 11.1. The van der Waals surface area contributed by atoms with Crippen LogP contribution >= 0.6 is 23.2 Å². The van der Waals surface area contributed by atoms with Gasteiger partial charge in [-0.05, 0) is 60.5 Å². The predicted molar refractivity (Wildman–Crippen MR) is 155 cm³/mol. The Hall–Kier alpha value is -3.81. The lowest BCUT2D eigenvalue weighted by Crippen LogP contribution is -2.27. The maximum atomic E-state index is 12.5. The summed E-state index contributed by atoms with van der Waals surface area (Å²) in [7, 11) is 0. The number of nitrogens with zero attached hydrogens (tertiary/aromatic N) is 3. The number of halogens is 2. The first-order chi connectivity index (χ1) is 18.6. The number of hydrogen-bond acceptors (Lipinski definition) is 5. The first kappa shape index (κ1) is 27.2. The van der Waals surface area contributed by atoms with Crippen molar-refractivity contribution in [2.24, 2.45) is 5.10 Å². The first-order valence-corrected chi connectivity index (χ1v) is 13.3. The minimum atomic E-state index is -0.384. The van der Waals surface area contributed by atoms with Crippen molar-refractivity contribution in [2.75, 3.05) is 29.7 Å². The molecule has 2 N–H and O–H groups in total. The van der Waals surface area contributed by atoms with Gasteiger partial charge in [-0.3, -0.25) is 9.89 Å². The molecule has 4 aromatic rings. The molecule has 3 aromatic carbocycles. The molecule has 0 fully saturated rings. The lowest BCUT2D eigenvalue weighted by atomic mass is 10.1. The van der Waals surface area contributed by atoms with Crippen LogP contribution in [-0.4, -0.2) is 47.2 Å². The van der Waals surface area contributed by atoms with E-state index in [9.17, 15) is 4.79 Å². The Morgan fingerprint density at radius 2 is 1.68 bits per heavy atom. The fourth-order valence-electron chi connectivity index (χ4n) is 3.73. The van der Waals surface area contributed by atoms with Gasteiger partial charge in [-0.2, -0.15) is 10.2 Å². The van der Waals surface area contributed by atoms with Crippen LogP contribution < -0.4 is 15.1 Å². The number of amides is 1. The van der Waals surface area contributed by atoms with Crippen molar-refractivity contribution in [3.63, 3.8) is 0 Å². The Kier molecular flexibility index (Phi) is 9.78. The number of hydrogen-bond donors (Lipinski definition) is 2. The second-order valence-corrected chi connectivity index (χ2v) is 9.38. The van der Waals surface area contributed by atoms with Crippen LogP contribution in [0.4, 0.5) is 5.69 Å². The largest absolute Gasteiger partial charge is 0.489 e. The van der Waals surface area contributed by atoms with Gasteiger partial charge in [0.2, 0.25) is 0 Å². The summed E-state index contributed by atoms with van der Waals surface area (Å²) in [5.41, 5.74) is 8.56. The third-order valence-corrected chi connectivity index (χ3v) is 6.18. The molecule has 0 aliphatic heterocycles. The lowest BCUT2D eigenvalue weighted by Gasteiger charge is -2.22. The second kappa shape index (κ2) is 13.7. The molecule has 0 aliphatic rings. The van der Waals surface area contributed by atoms with Crippen LogP contribution in [0.1, 0.15) is 27.2 Å². The van der Waals surface area contributed by atoms with Crippen molar-refractivity contribution >= 4 is 41.0 Å². The van der Waals surface area contributed by atoms with Crippen LogP contribution in [0.25, 0.3) is 11.3 Å². The zero-order chi connectivity index (χ0) is 26.7. The third kappa shape index (κ3) is 7.60.